The van der Waals surface area contributed by atoms with Gasteiger partial charge in [0.15, 0.2) is 0 Å². The number of aromatic nitrogens is 1. The van der Waals surface area contributed by atoms with Gasteiger partial charge < -0.3 is 20.3 Å². The highest BCUT2D eigenvalue weighted by Gasteiger charge is 2.12. The molecule has 1 aliphatic rings. The molecule has 1 saturated heterocycles. The largest absolute Gasteiger partial charge is 0.497 e. The molecule has 0 atom stereocenters. The summed E-state index contributed by atoms with van der Waals surface area (Å²) in [4.78, 5) is 7.30. The molecule has 1 aromatic heterocycles. The zero-order valence-corrected chi connectivity index (χ0v) is 17.6. The second kappa shape index (κ2) is 9.61. The van der Waals surface area contributed by atoms with Gasteiger partial charge in [0.25, 0.3) is 0 Å². The van der Waals surface area contributed by atoms with E-state index in [1.165, 1.54) is 0 Å². The number of anilines is 1. The smallest absolute Gasteiger partial charge is 0.119 e. The van der Waals surface area contributed by atoms with Crippen LogP contribution in [0.25, 0.3) is 21.8 Å². The average molecular weight is 421 g/mol. The number of rotatable bonds is 6. The summed E-state index contributed by atoms with van der Waals surface area (Å²) < 4.78 is 5.42. The fourth-order valence-electron chi connectivity index (χ4n) is 3.66. The average Bonchev–Trinajstić information content (AvgIpc) is 2.70. The lowest BCUT2D eigenvalue weighted by atomic mass is 10.1. The van der Waals surface area contributed by atoms with Crippen LogP contribution in [-0.2, 0) is 0 Å². The van der Waals surface area contributed by atoms with Crippen LogP contribution < -0.4 is 15.4 Å². The lowest BCUT2D eigenvalue weighted by Crippen LogP contribution is -2.44. The Balaban J connectivity index is 0.00000225. The summed E-state index contributed by atoms with van der Waals surface area (Å²) >= 11 is 6.19. The number of benzene rings is 2. The molecule has 150 valence electrons. The van der Waals surface area contributed by atoms with Crippen LogP contribution in [0.2, 0.25) is 5.02 Å². The van der Waals surface area contributed by atoms with E-state index in [0.29, 0.717) is 5.02 Å². The van der Waals surface area contributed by atoms with Gasteiger partial charge in [0.1, 0.15) is 5.75 Å². The number of methoxy groups -OCH3 is 1. The highest BCUT2D eigenvalue weighted by Crippen LogP contribution is 2.34. The minimum atomic E-state index is 0. The van der Waals surface area contributed by atoms with Gasteiger partial charge in [-0.25, -0.2) is 4.98 Å². The summed E-state index contributed by atoms with van der Waals surface area (Å²) in [5.74, 6) is 0.835. The van der Waals surface area contributed by atoms with Gasteiger partial charge in [-0.15, -0.1) is 12.4 Å². The third kappa shape index (κ3) is 4.61. The van der Waals surface area contributed by atoms with Crippen LogP contribution in [0.1, 0.15) is 6.42 Å². The summed E-state index contributed by atoms with van der Waals surface area (Å²) in [6.07, 6.45) is 1.10. The third-order valence-electron chi connectivity index (χ3n) is 5.11. The molecule has 0 bridgehead atoms. The molecule has 2 aromatic carbocycles. The molecule has 0 radical (unpaired) electrons. The molecule has 2 N–H and O–H groups in total. The van der Waals surface area contributed by atoms with E-state index >= 15 is 0 Å². The lowest BCUT2D eigenvalue weighted by molar-refractivity contribution is 0.240. The molecule has 0 saturated carbocycles. The van der Waals surface area contributed by atoms with Crippen molar-refractivity contribution in [3.63, 3.8) is 0 Å². The van der Waals surface area contributed by atoms with Gasteiger partial charge in [-0.3, -0.25) is 0 Å². The maximum absolute atomic E-state index is 6.19. The van der Waals surface area contributed by atoms with Gasteiger partial charge in [-0.05, 0) is 49.4 Å². The van der Waals surface area contributed by atoms with Crippen LogP contribution in [-0.4, -0.2) is 56.3 Å². The molecule has 5 nitrogen and oxygen atoms in total. The molecule has 28 heavy (non-hydrogen) atoms. The highest BCUT2D eigenvalue weighted by molar-refractivity contribution is 6.31. The van der Waals surface area contributed by atoms with Crippen molar-refractivity contribution in [2.45, 2.75) is 6.42 Å². The van der Waals surface area contributed by atoms with Crippen molar-refractivity contribution >= 4 is 51.5 Å². The van der Waals surface area contributed by atoms with Gasteiger partial charge >= 0.3 is 0 Å². The second-order valence-electron chi connectivity index (χ2n) is 6.90. The van der Waals surface area contributed by atoms with Crippen LogP contribution in [0, 0.1) is 0 Å². The second-order valence-corrected chi connectivity index (χ2v) is 7.34. The first-order valence-electron chi connectivity index (χ1n) is 9.48. The summed E-state index contributed by atoms with van der Waals surface area (Å²) in [5, 5.41) is 9.92. The summed E-state index contributed by atoms with van der Waals surface area (Å²) in [6, 6.07) is 11.9. The molecule has 1 aliphatic heterocycles. The Labute approximate surface area is 176 Å². The molecule has 0 aliphatic carbocycles. The van der Waals surface area contributed by atoms with Crippen molar-refractivity contribution in [3.8, 4) is 5.75 Å². The van der Waals surface area contributed by atoms with Crippen LogP contribution in [0.3, 0.4) is 0 Å². The van der Waals surface area contributed by atoms with E-state index in [4.69, 9.17) is 21.3 Å². The predicted molar refractivity (Wildman–Crippen MR) is 120 cm³/mol. The fourth-order valence-corrected chi connectivity index (χ4v) is 3.83. The van der Waals surface area contributed by atoms with Crippen molar-refractivity contribution < 1.29 is 4.74 Å². The van der Waals surface area contributed by atoms with E-state index in [0.717, 1.165) is 78.9 Å². The van der Waals surface area contributed by atoms with Gasteiger partial charge in [0, 0.05) is 48.5 Å². The Morgan fingerprint density at radius 1 is 1.11 bits per heavy atom. The van der Waals surface area contributed by atoms with E-state index in [1.54, 1.807) is 7.11 Å². The van der Waals surface area contributed by atoms with Crippen molar-refractivity contribution in [1.82, 2.24) is 15.2 Å². The molecule has 3 aromatic rings. The van der Waals surface area contributed by atoms with Crippen LogP contribution in [0.4, 0.5) is 5.69 Å². The van der Waals surface area contributed by atoms with E-state index in [2.05, 4.69) is 21.6 Å². The van der Waals surface area contributed by atoms with Crippen LogP contribution in [0.5, 0.6) is 5.75 Å². The first-order chi connectivity index (χ1) is 13.2. The topological polar surface area (TPSA) is 49.4 Å². The predicted octanol–water partition coefficient (Wildman–Crippen LogP) is 4.18. The summed E-state index contributed by atoms with van der Waals surface area (Å²) in [6.45, 7) is 6.48. The number of hydrogen-bond acceptors (Lipinski definition) is 5. The maximum atomic E-state index is 6.19. The fraction of sp³-hybridized carbons (Fsp3) is 0.381. The standard InChI is InChI=1S/C21H25ClN4O.ClH/c1-27-16-4-6-19-18(14-16)21(17-5-3-15(22)13-20(17)25-19)24-7-2-10-26-11-8-23-9-12-26;/h3-6,13-14,23H,2,7-12H2,1H3,(H,24,25);1H. The first kappa shape index (κ1) is 20.9. The zero-order valence-electron chi connectivity index (χ0n) is 16.0. The molecular weight excluding hydrogens is 395 g/mol. The van der Waals surface area contributed by atoms with Gasteiger partial charge in [-0.2, -0.15) is 0 Å². The number of nitrogens with one attached hydrogen (secondary N) is 2. The number of halogens is 2. The zero-order chi connectivity index (χ0) is 18.6. The van der Waals surface area contributed by atoms with Gasteiger partial charge in [-0.1, -0.05) is 11.6 Å². The minimum Gasteiger partial charge on any atom is -0.497 e. The van der Waals surface area contributed by atoms with Crippen molar-refractivity contribution in [2.24, 2.45) is 0 Å². The molecule has 0 amide bonds. The monoisotopic (exact) mass is 420 g/mol. The number of piperazine rings is 1. The Morgan fingerprint density at radius 2 is 1.93 bits per heavy atom. The lowest BCUT2D eigenvalue weighted by Gasteiger charge is -2.27. The molecule has 4 rings (SSSR count). The Kier molecular flexibility index (Phi) is 7.18. The van der Waals surface area contributed by atoms with Crippen molar-refractivity contribution in [1.29, 1.82) is 0 Å². The summed E-state index contributed by atoms with van der Waals surface area (Å²) in [7, 11) is 1.69. The van der Waals surface area contributed by atoms with Crippen LogP contribution >= 0.6 is 24.0 Å². The third-order valence-corrected chi connectivity index (χ3v) is 5.34. The SMILES string of the molecule is COc1ccc2nc3cc(Cl)ccc3c(NCCCN3CCNCC3)c2c1.Cl. The maximum Gasteiger partial charge on any atom is 0.119 e. The molecule has 0 spiro atoms. The molecular formula is C21H26Cl2N4O. The number of pyridine rings is 1. The normalized spacial score (nSPS) is 14.8. The Bertz CT molecular complexity index is 944. The quantitative estimate of drug-likeness (QED) is 0.462. The van der Waals surface area contributed by atoms with E-state index in [9.17, 15) is 0 Å². The van der Waals surface area contributed by atoms with E-state index < -0.39 is 0 Å². The number of hydrogen-bond donors (Lipinski definition) is 2. The summed E-state index contributed by atoms with van der Waals surface area (Å²) in [5.41, 5.74) is 2.95. The first-order valence-corrected chi connectivity index (χ1v) is 9.86. The van der Waals surface area contributed by atoms with E-state index in [-0.39, 0.29) is 12.4 Å². The van der Waals surface area contributed by atoms with E-state index in [1.807, 2.05) is 30.3 Å². The van der Waals surface area contributed by atoms with Crippen LogP contribution in [0.15, 0.2) is 36.4 Å². The van der Waals surface area contributed by atoms with Crippen molar-refractivity contribution in [3.05, 3.63) is 41.4 Å². The Morgan fingerprint density at radius 3 is 2.71 bits per heavy atom. The molecule has 0 unspecified atom stereocenters. The number of ether oxygens (including phenoxy) is 1. The Hall–Kier alpha value is -1.79. The van der Waals surface area contributed by atoms with Gasteiger partial charge in [0.05, 0.1) is 23.8 Å². The molecule has 7 heteroatoms. The molecule has 1 fully saturated rings. The highest BCUT2D eigenvalue weighted by atomic mass is 35.5. The van der Waals surface area contributed by atoms with Gasteiger partial charge in [0.2, 0.25) is 0 Å². The molecule has 2 heterocycles. The number of nitrogens with zero attached hydrogens (tertiary/aromatic N) is 2. The van der Waals surface area contributed by atoms with Crippen molar-refractivity contribution in [2.75, 3.05) is 51.7 Å². The minimum absolute atomic E-state index is 0. The number of fused-ring (bicyclic) bond motifs is 2.